The average molecular weight is 306 g/mol. The van der Waals surface area contributed by atoms with Gasteiger partial charge in [-0.25, -0.2) is 4.39 Å². The summed E-state index contributed by atoms with van der Waals surface area (Å²) in [5.74, 6) is -0.224. The van der Waals surface area contributed by atoms with Gasteiger partial charge in [-0.3, -0.25) is 0 Å². The Morgan fingerprint density at radius 1 is 1.10 bits per heavy atom. The molecule has 1 atom stereocenters. The standard InChI is InChI=1S/C17H17ClFNO/c18-15-5-1-13(2-6-15)11-21-17(9-10-20-12-17)14-3-7-16(19)8-4-14/h1-8,20H,9-12H2. The summed E-state index contributed by atoms with van der Waals surface area (Å²) in [4.78, 5) is 0. The molecular weight excluding hydrogens is 289 g/mol. The number of hydrogen-bond donors (Lipinski definition) is 1. The van der Waals surface area contributed by atoms with Crippen LogP contribution >= 0.6 is 11.6 Å². The lowest BCUT2D eigenvalue weighted by Crippen LogP contribution is -2.32. The molecule has 1 aliphatic rings. The molecule has 1 aliphatic heterocycles. The predicted octanol–water partition coefficient (Wildman–Crippen LogP) is 3.88. The maximum absolute atomic E-state index is 13.1. The second kappa shape index (κ2) is 6.14. The summed E-state index contributed by atoms with van der Waals surface area (Å²) in [5.41, 5.74) is 1.71. The smallest absolute Gasteiger partial charge is 0.123 e. The molecule has 0 aromatic heterocycles. The third-order valence-electron chi connectivity index (χ3n) is 3.91. The predicted molar refractivity (Wildman–Crippen MR) is 81.8 cm³/mol. The van der Waals surface area contributed by atoms with Crippen molar-refractivity contribution in [1.29, 1.82) is 0 Å². The van der Waals surface area contributed by atoms with Crippen LogP contribution in [0.3, 0.4) is 0 Å². The van der Waals surface area contributed by atoms with Crippen LogP contribution in [-0.4, -0.2) is 13.1 Å². The van der Waals surface area contributed by atoms with Crippen LogP contribution in [0.5, 0.6) is 0 Å². The SMILES string of the molecule is Fc1ccc(C2(OCc3ccc(Cl)cc3)CCNC2)cc1. The van der Waals surface area contributed by atoms with Gasteiger partial charge in [0, 0.05) is 11.6 Å². The van der Waals surface area contributed by atoms with Crippen LogP contribution in [0.25, 0.3) is 0 Å². The first-order chi connectivity index (χ1) is 10.2. The second-order valence-electron chi connectivity index (χ2n) is 5.34. The summed E-state index contributed by atoms with van der Waals surface area (Å²) >= 11 is 5.89. The second-order valence-corrected chi connectivity index (χ2v) is 5.78. The van der Waals surface area contributed by atoms with E-state index in [0.29, 0.717) is 6.61 Å². The Morgan fingerprint density at radius 3 is 2.43 bits per heavy atom. The third-order valence-corrected chi connectivity index (χ3v) is 4.17. The van der Waals surface area contributed by atoms with Crippen molar-refractivity contribution in [2.45, 2.75) is 18.6 Å². The number of nitrogens with one attached hydrogen (secondary N) is 1. The molecule has 4 heteroatoms. The van der Waals surface area contributed by atoms with Crippen molar-refractivity contribution >= 4 is 11.6 Å². The molecule has 0 saturated carbocycles. The minimum absolute atomic E-state index is 0.224. The average Bonchev–Trinajstić information content (AvgIpc) is 2.97. The van der Waals surface area contributed by atoms with Gasteiger partial charge in [-0.1, -0.05) is 35.9 Å². The first kappa shape index (κ1) is 14.5. The molecule has 2 aromatic carbocycles. The van der Waals surface area contributed by atoms with Crippen LogP contribution in [0.1, 0.15) is 17.5 Å². The Labute approximate surface area is 128 Å². The highest BCUT2D eigenvalue weighted by Gasteiger charge is 2.36. The molecule has 0 radical (unpaired) electrons. The van der Waals surface area contributed by atoms with E-state index in [2.05, 4.69) is 5.32 Å². The first-order valence-electron chi connectivity index (χ1n) is 7.03. The van der Waals surface area contributed by atoms with Gasteiger partial charge in [0.25, 0.3) is 0 Å². The molecule has 0 spiro atoms. The Bertz CT molecular complexity index is 591. The Hall–Kier alpha value is -1.42. The maximum atomic E-state index is 13.1. The molecule has 1 unspecified atom stereocenters. The van der Waals surface area contributed by atoms with Gasteiger partial charge in [0.1, 0.15) is 11.4 Å². The van der Waals surface area contributed by atoms with E-state index in [1.807, 2.05) is 36.4 Å². The van der Waals surface area contributed by atoms with Crippen LogP contribution in [0.2, 0.25) is 5.02 Å². The van der Waals surface area contributed by atoms with E-state index in [1.54, 1.807) is 0 Å². The van der Waals surface area contributed by atoms with Gasteiger partial charge in [-0.2, -0.15) is 0 Å². The Morgan fingerprint density at radius 2 is 1.81 bits per heavy atom. The normalized spacial score (nSPS) is 21.6. The lowest BCUT2D eigenvalue weighted by atomic mass is 9.92. The van der Waals surface area contributed by atoms with Crippen LogP contribution in [0.4, 0.5) is 4.39 Å². The number of halogens is 2. The van der Waals surface area contributed by atoms with Crippen LogP contribution in [0, 0.1) is 5.82 Å². The Kier molecular flexibility index (Phi) is 4.24. The van der Waals surface area contributed by atoms with Gasteiger partial charge < -0.3 is 10.1 Å². The zero-order valence-electron chi connectivity index (χ0n) is 11.6. The molecule has 2 nitrogen and oxygen atoms in total. The minimum Gasteiger partial charge on any atom is -0.364 e. The number of rotatable bonds is 4. The monoisotopic (exact) mass is 305 g/mol. The van der Waals surface area contributed by atoms with Crippen molar-refractivity contribution in [3.8, 4) is 0 Å². The highest BCUT2D eigenvalue weighted by atomic mass is 35.5. The zero-order valence-corrected chi connectivity index (χ0v) is 12.4. The van der Waals surface area contributed by atoms with Crippen LogP contribution in [0.15, 0.2) is 48.5 Å². The van der Waals surface area contributed by atoms with Crippen LogP contribution < -0.4 is 5.32 Å². The summed E-state index contributed by atoms with van der Waals surface area (Å²) in [6, 6.07) is 14.2. The van der Waals surface area contributed by atoms with Crippen LogP contribution in [-0.2, 0) is 16.9 Å². The number of hydrogen-bond acceptors (Lipinski definition) is 2. The van der Waals surface area contributed by atoms with Crippen molar-refractivity contribution in [1.82, 2.24) is 5.32 Å². The first-order valence-corrected chi connectivity index (χ1v) is 7.41. The number of ether oxygens (including phenoxy) is 1. The molecule has 21 heavy (non-hydrogen) atoms. The fourth-order valence-electron chi connectivity index (χ4n) is 2.68. The highest BCUT2D eigenvalue weighted by Crippen LogP contribution is 2.33. The quantitative estimate of drug-likeness (QED) is 0.925. The third kappa shape index (κ3) is 3.26. The van der Waals surface area contributed by atoms with E-state index in [0.717, 1.165) is 35.7 Å². The summed E-state index contributed by atoms with van der Waals surface area (Å²) in [6.07, 6.45) is 0.881. The largest absolute Gasteiger partial charge is 0.364 e. The van der Waals surface area contributed by atoms with Crippen molar-refractivity contribution < 1.29 is 9.13 Å². The van der Waals surface area contributed by atoms with Crippen molar-refractivity contribution in [3.05, 3.63) is 70.5 Å². The molecule has 1 N–H and O–H groups in total. The summed E-state index contributed by atoms with van der Waals surface area (Å²) in [5, 5.41) is 4.05. The highest BCUT2D eigenvalue weighted by molar-refractivity contribution is 6.30. The molecular formula is C17H17ClFNO. The fraction of sp³-hybridized carbons (Fsp3) is 0.294. The maximum Gasteiger partial charge on any atom is 0.123 e. The molecule has 3 rings (SSSR count). The molecule has 0 aliphatic carbocycles. The fourth-order valence-corrected chi connectivity index (χ4v) is 2.80. The minimum atomic E-state index is -0.382. The van der Waals surface area contributed by atoms with E-state index in [9.17, 15) is 4.39 Å². The van der Waals surface area contributed by atoms with E-state index >= 15 is 0 Å². The van der Waals surface area contributed by atoms with Gasteiger partial charge in [-0.05, 0) is 48.4 Å². The van der Waals surface area contributed by atoms with E-state index in [4.69, 9.17) is 16.3 Å². The van der Waals surface area contributed by atoms with Crippen molar-refractivity contribution in [2.24, 2.45) is 0 Å². The van der Waals surface area contributed by atoms with Crippen molar-refractivity contribution in [3.63, 3.8) is 0 Å². The van der Waals surface area contributed by atoms with Gasteiger partial charge in [0.2, 0.25) is 0 Å². The van der Waals surface area contributed by atoms with Gasteiger partial charge >= 0.3 is 0 Å². The molecule has 1 heterocycles. The molecule has 1 fully saturated rings. The molecule has 1 saturated heterocycles. The lowest BCUT2D eigenvalue weighted by Gasteiger charge is -2.29. The molecule has 0 amide bonds. The topological polar surface area (TPSA) is 21.3 Å². The van der Waals surface area contributed by atoms with Crippen molar-refractivity contribution in [2.75, 3.05) is 13.1 Å². The van der Waals surface area contributed by atoms with Gasteiger partial charge in [-0.15, -0.1) is 0 Å². The van der Waals surface area contributed by atoms with Gasteiger partial charge in [0.05, 0.1) is 6.61 Å². The lowest BCUT2D eigenvalue weighted by molar-refractivity contribution is -0.0470. The molecule has 110 valence electrons. The summed E-state index contributed by atoms with van der Waals surface area (Å²) in [6.45, 7) is 2.15. The van der Waals surface area contributed by atoms with E-state index < -0.39 is 0 Å². The van der Waals surface area contributed by atoms with E-state index in [-0.39, 0.29) is 11.4 Å². The van der Waals surface area contributed by atoms with Gasteiger partial charge in [0.15, 0.2) is 0 Å². The molecule has 0 bridgehead atoms. The summed E-state index contributed by atoms with van der Waals surface area (Å²) < 4.78 is 19.3. The molecule has 2 aromatic rings. The Balaban J connectivity index is 1.78. The summed E-state index contributed by atoms with van der Waals surface area (Å²) in [7, 11) is 0. The number of benzene rings is 2. The zero-order chi connectivity index (χ0) is 14.7. The van der Waals surface area contributed by atoms with E-state index in [1.165, 1.54) is 12.1 Å².